The van der Waals surface area contributed by atoms with Crippen LogP contribution < -0.4 is 10.1 Å². The minimum absolute atomic E-state index is 0.0159. The number of amides is 2. The van der Waals surface area contributed by atoms with E-state index in [1.54, 1.807) is 31.2 Å². The Balaban J connectivity index is 2.30. The van der Waals surface area contributed by atoms with Gasteiger partial charge in [0, 0.05) is 28.2 Å². The van der Waals surface area contributed by atoms with E-state index in [9.17, 15) is 14.0 Å². The van der Waals surface area contributed by atoms with E-state index in [2.05, 4.69) is 5.32 Å². The average molecular weight is 455 g/mol. The van der Waals surface area contributed by atoms with E-state index < -0.39 is 24.4 Å². The molecule has 2 aromatic carbocycles. The molecule has 0 aliphatic rings. The van der Waals surface area contributed by atoms with E-state index in [-0.39, 0.29) is 24.2 Å². The lowest BCUT2D eigenvalue weighted by atomic mass is 10.1. The molecule has 2 amide bonds. The van der Waals surface area contributed by atoms with Crippen molar-refractivity contribution in [2.24, 2.45) is 0 Å². The normalized spacial score (nSPS) is 11.8. The number of para-hydroxylation sites is 1. The smallest absolute Gasteiger partial charge is 0.261 e. The van der Waals surface area contributed by atoms with Crippen molar-refractivity contribution >= 4 is 35.0 Å². The molecule has 30 heavy (non-hydrogen) atoms. The Morgan fingerprint density at radius 3 is 2.30 bits per heavy atom. The second-order valence-electron chi connectivity index (χ2n) is 7.03. The van der Waals surface area contributed by atoms with Gasteiger partial charge in [0.05, 0.1) is 0 Å². The van der Waals surface area contributed by atoms with Crippen LogP contribution in [0.4, 0.5) is 4.39 Å². The van der Waals surface area contributed by atoms with Gasteiger partial charge in [-0.25, -0.2) is 4.39 Å². The highest BCUT2D eigenvalue weighted by Crippen LogP contribution is 2.27. The summed E-state index contributed by atoms with van der Waals surface area (Å²) < 4.78 is 19.2. The van der Waals surface area contributed by atoms with Crippen LogP contribution in [0.5, 0.6) is 5.75 Å². The van der Waals surface area contributed by atoms with Crippen molar-refractivity contribution in [1.29, 1.82) is 0 Å². The quantitative estimate of drug-likeness (QED) is 0.589. The van der Waals surface area contributed by atoms with Crippen molar-refractivity contribution in [3.63, 3.8) is 0 Å². The van der Waals surface area contributed by atoms with Crippen LogP contribution in [0.1, 0.15) is 32.8 Å². The van der Waals surface area contributed by atoms with Crippen molar-refractivity contribution in [2.75, 3.05) is 6.61 Å². The Labute approximate surface area is 186 Å². The maximum atomic E-state index is 13.8. The Bertz CT molecular complexity index is 872. The van der Waals surface area contributed by atoms with Crippen LogP contribution in [0.2, 0.25) is 10.0 Å². The molecule has 0 spiro atoms. The highest BCUT2D eigenvalue weighted by atomic mass is 35.5. The Morgan fingerprint density at radius 2 is 1.73 bits per heavy atom. The van der Waals surface area contributed by atoms with Gasteiger partial charge in [0.2, 0.25) is 5.91 Å². The Morgan fingerprint density at radius 1 is 1.10 bits per heavy atom. The van der Waals surface area contributed by atoms with Gasteiger partial charge in [0.1, 0.15) is 6.04 Å². The van der Waals surface area contributed by atoms with Gasteiger partial charge >= 0.3 is 0 Å². The minimum Gasteiger partial charge on any atom is -0.481 e. The molecule has 1 N–H and O–H groups in total. The van der Waals surface area contributed by atoms with Gasteiger partial charge in [-0.15, -0.1) is 0 Å². The number of carbonyl (C=O) groups excluding carboxylic acids is 2. The highest BCUT2D eigenvalue weighted by Gasteiger charge is 2.30. The van der Waals surface area contributed by atoms with Gasteiger partial charge in [-0.05, 0) is 44.5 Å². The third-order valence-electron chi connectivity index (χ3n) is 4.39. The van der Waals surface area contributed by atoms with Crippen LogP contribution in [0.15, 0.2) is 42.5 Å². The predicted octanol–water partition coefficient (Wildman–Crippen LogP) is 4.84. The molecule has 0 fully saturated rings. The number of carbonyl (C=O) groups is 2. The molecule has 0 unspecified atom stereocenters. The number of rotatable bonds is 9. The van der Waals surface area contributed by atoms with E-state index in [1.165, 1.54) is 23.1 Å². The third kappa shape index (κ3) is 6.34. The zero-order valence-corrected chi connectivity index (χ0v) is 18.6. The van der Waals surface area contributed by atoms with Crippen molar-refractivity contribution < 1.29 is 18.7 Å². The summed E-state index contributed by atoms with van der Waals surface area (Å²) in [7, 11) is 0. The molecule has 8 heteroatoms. The van der Waals surface area contributed by atoms with Crippen LogP contribution in [0, 0.1) is 5.82 Å². The zero-order chi connectivity index (χ0) is 22.3. The number of hydrogen-bond donors (Lipinski definition) is 1. The summed E-state index contributed by atoms with van der Waals surface area (Å²) in [6.45, 7) is 5.05. The highest BCUT2D eigenvalue weighted by molar-refractivity contribution is 6.36. The predicted molar refractivity (Wildman–Crippen MR) is 116 cm³/mol. The number of ether oxygens (including phenoxy) is 1. The van der Waals surface area contributed by atoms with Gasteiger partial charge in [-0.3, -0.25) is 9.59 Å². The molecule has 0 aromatic heterocycles. The first-order valence-corrected chi connectivity index (χ1v) is 10.4. The van der Waals surface area contributed by atoms with Crippen LogP contribution in [0.25, 0.3) is 0 Å². The zero-order valence-electron chi connectivity index (χ0n) is 17.1. The number of nitrogens with one attached hydrogen (secondary N) is 1. The molecule has 2 aromatic rings. The summed E-state index contributed by atoms with van der Waals surface area (Å²) >= 11 is 12.6. The summed E-state index contributed by atoms with van der Waals surface area (Å²) in [6.07, 6.45) is 0.367. The van der Waals surface area contributed by atoms with Gasteiger partial charge in [-0.1, -0.05) is 48.3 Å². The molecule has 162 valence electrons. The molecule has 0 radical (unpaired) electrons. The molecule has 0 aliphatic heterocycles. The maximum Gasteiger partial charge on any atom is 0.261 e. The lowest BCUT2D eigenvalue weighted by Gasteiger charge is -2.31. The summed E-state index contributed by atoms with van der Waals surface area (Å²) in [5.41, 5.74) is 0.524. The van der Waals surface area contributed by atoms with Crippen LogP contribution >= 0.6 is 23.2 Å². The van der Waals surface area contributed by atoms with E-state index in [4.69, 9.17) is 27.9 Å². The molecule has 0 heterocycles. The largest absolute Gasteiger partial charge is 0.481 e. The van der Waals surface area contributed by atoms with Crippen LogP contribution in [0.3, 0.4) is 0 Å². The van der Waals surface area contributed by atoms with Crippen molar-refractivity contribution in [2.45, 2.75) is 45.8 Å². The number of halogens is 3. The van der Waals surface area contributed by atoms with Crippen molar-refractivity contribution in [3.05, 3.63) is 63.9 Å². The lowest BCUT2D eigenvalue weighted by Crippen LogP contribution is -2.51. The fourth-order valence-electron chi connectivity index (χ4n) is 2.94. The van der Waals surface area contributed by atoms with Gasteiger partial charge in [-0.2, -0.15) is 0 Å². The first-order chi connectivity index (χ1) is 14.2. The fraction of sp³-hybridized carbons (Fsp3) is 0.364. The molecule has 5 nitrogen and oxygen atoms in total. The monoisotopic (exact) mass is 454 g/mol. The van der Waals surface area contributed by atoms with Gasteiger partial charge < -0.3 is 15.0 Å². The van der Waals surface area contributed by atoms with Gasteiger partial charge in [0.15, 0.2) is 18.2 Å². The second-order valence-corrected chi connectivity index (χ2v) is 7.84. The minimum atomic E-state index is -0.767. The lowest BCUT2D eigenvalue weighted by molar-refractivity contribution is -0.143. The van der Waals surface area contributed by atoms with E-state index in [1.807, 2.05) is 13.8 Å². The van der Waals surface area contributed by atoms with Gasteiger partial charge in [0.25, 0.3) is 5.91 Å². The molecule has 2 rings (SSSR count). The summed E-state index contributed by atoms with van der Waals surface area (Å²) in [5.74, 6) is -1.40. The van der Waals surface area contributed by atoms with Crippen molar-refractivity contribution in [1.82, 2.24) is 10.2 Å². The van der Waals surface area contributed by atoms with Crippen LogP contribution in [-0.4, -0.2) is 35.4 Å². The topological polar surface area (TPSA) is 58.6 Å². The average Bonchev–Trinajstić information content (AvgIpc) is 2.68. The Kier molecular flexibility index (Phi) is 8.93. The molecule has 0 saturated carbocycles. The second kappa shape index (κ2) is 11.2. The molecule has 1 atom stereocenters. The number of hydrogen-bond acceptors (Lipinski definition) is 3. The maximum absolute atomic E-state index is 13.8. The standard InChI is InChI=1S/C22H25Cl2FN2O3/c1-4-19(22(29)26-14(2)3)27(12-15-16(23)8-7-9-17(15)24)21(28)13-30-20-11-6-5-10-18(20)25/h5-11,14,19H,4,12-13H2,1-3H3,(H,26,29)/t19-/m0/s1. The van der Waals surface area contributed by atoms with Crippen molar-refractivity contribution in [3.8, 4) is 5.75 Å². The number of benzene rings is 2. The molecule has 0 aliphatic carbocycles. The SMILES string of the molecule is CC[C@@H](C(=O)NC(C)C)N(Cc1c(Cl)cccc1Cl)C(=O)COc1ccccc1F. The van der Waals surface area contributed by atoms with Crippen LogP contribution in [-0.2, 0) is 16.1 Å². The summed E-state index contributed by atoms with van der Waals surface area (Å²) in [4.78, 5) is 27.2. The first-order valence-electron chi connectivity index (χ1n) is 9.64. The molecule has 0 saturated heterocycles. The van der Waals surface area contributed by atoms with E-state index in [0.29, 0.717) is 22.0 Å². The first kappa shape index (κ1) is 24.0. The molecular formula is C22H25Cl2FN2O3. The Hall–Kier alpha value is -2.31. The molecular weight excluding hydrogens is 430 g/mol. The number of nitrogens with zero attached hydrogens (tertiary/aromatic N) is 1. The summed E-state index contributed by atoms with van der Waals surface area (Å²) in [6, 6.07) is 9.97. The van der Waals surface area contributed by atoms with E-state index in [0.717, 1.165) is 0 Å². The third-order valence-corrected chi connectivity index (χ3v) is 5.10. The van der Waals surface area contributed by atoms with E-state index >= 15 is 0 Å². The molecule has 0 bridgehead atoms. The fourth-order valence-corrected chi connectivity index (χ4v) is 3.46. The summed E-state index contributed by atoms with van der Waals surface area (Å²) in [5, 5.41) is 3.59.